The van der Waals surface area contributed by atoms with Crippen LogP contribution in [0.4, 0.5) is 13.2 Å². The van der Waals surface area contributed by atoms with E-state index in [9.17, 15) is 18.4 Å². The maximum Gasteiger partial charge on any atom is 0.417 e. The molecule has 1 unspecified atom stereocenters. The molecular weight excluding hydrogens is 299 g/mol. The van der Waals surface area contributed by atoms with Crippen molar-refractivity contribution < 1.29 is 13.2 Å². The third-order valence-corrected chi connectivity index (χ3v) is 4.61. The lowest BCUT2D eigenvalue weighted by Gasteiger charge is -2.26. The van der Waals surface area contributed by atoms with E-state index in [1.807, 2.05) is 6.92 Å². The lowest BCUT2D eigenvalue weighted by Crippen LogP contribution is -2.48. The van der Waals surface area contributed by atoms with Crippen molar-refractivity contribution in [3.05, 3.63) is 23.9 Å². The first kappa shape index (κ1) is 16.1. The summed E-state index contributed by atoms with van der Waals surface area (Å²) < 4.78 is 37.4. The second kappa shape index (κ2) is 6.24. The second-order valence-electron chi connectivity index (χ2n) is 5.06. The average molecular weight is 315 g/mol. The van der Waals surface area contributed by atoms with Crippen LogP contribution in [0.3, 0.4) is 0 Å². The summed E-state index contributed by atoms with van der Waals surface area (Å²) in [6, 6.07) is 4.72. The molecular formula is C14H16F3N3S. The van der Waals surface area contributed by atoms with Gasteiger partial charge in [0.15, 0.2) is 0 Å². The molecule has 1 aromatic rings. The predicted molar refractivity (Wildman–Crippen MR) is 74.7 cm³/mol. The number of aromatic nitrogens is 1. The topological polar surface area (TPSA) is 48.7 Å². The van der Waals surface area contributed by atoms with E-state index in [2.05, 4.69) is 16.4 Å². The number of hydrogen-bond donors (Lipinski definition) is 1. The first-order valence-electron chi connectivity index (χ1n) is 6.73. The maximum atomic E-state index is 12.5. The third kappa shape index (κ3) is 3.89. The number of pyridine rings is 1. The Labute approximate surface area is 125 Å². The van der Waals surface area contributed by atoms with Crippen LogP contribution in [0.1, 0.15) is 25.3 Å². The van der Waals surface area contributed by atoms with Crippen LogP contribution in [0.2, 0.25) is 0 Å². The van der Waals surface area contributed by atoms with Crippen LogP contribution in [0.5, 0.6) is 0 Å². The van der Waals surface area contributed by atoms with E-state index in [1.54, 1.807) is 0 Å². The zero-order chi connectivity index (χ0) is 15.5. The Bertz CT molecular complexity index is 520. The highest BCUT2D eigenvalue weighted by molar-refractivity contribution is 7.99. The second-order valence-corrected chi connectivity index (χ2v) is 6.05. The summed E-state index contributed by atoms with van der Waals surface area (Å²) in [4.78, 5) is 3.83. The minimum Gasteiger partial charge on any atom is -0.299 e. The Morgan fingerprint density at radius 3 is 2.57 bits per heavy atom. The van der Waals surface area contributed by atoms with Gasteiger partial charge in [-0.3, -0.25) is 5.32 Å². The molecule has 0 aromatic carbocycles. The van der Waals surface area contributed by atoms with Crippen molar-refractivity contribution in [2.45, 2.75) is 36.5 Å². The Balaban J connectivity index is 2.03. The van der Waals surface area contributed by atoms with Gasteiger partial charge in [-0.25, -0.2) is 4.98 Å². The van der Waals surface area contributed by atoms with Crippen molar-refractivity contribution in [3.63, 3.8) is 0 Å². The summed E-state index contributed by atoms with van der Waals surface area (Å²) in [7, 11) is 0. The Kier molecular flexibility index (Phi) is 4.79. The van der Waals surface area contributed by atoms with Crippen LogP contribution in [0.25, 0.3) is 0 Å². The van der Waals surface area contributed by atoms with Crippen LogP contribution in [0, 0.1) is 17.2 Å². The van der Waals surface area contributed by atoms with Gasteiger partial charge in [0.05, 0.1) is 16.7 Å². The molecule has 1 aliphatic carbocycles. The Hall–Kier alpha value is -1.26. The standard InChI is InChI=1S/C14H16F3N3S/c1-2-20-13(8-18,10-3-4-10)9-21-12-6-5-11(7-19-12)14(15,16)17/h5-7,10,20H,2-4,9H2,1H3. The molecule has 3 nitrogen and oxygen atoms in total. The number of thioether (sulfide) groups is 1. The molecule has 0 amide bonds. The first-order valence-corrected chi connectivity index (χ1v) is 7.72. The molecule has 7 heteroatoms. The normalized spacial score (nSPS) is 18.0. The zero-order valence-corrected chi connectivity index (χ0v) is 12.4. The zero-order valence-electron chi connectivity index (χ0n) is 11.6. The molecule has 1 N–H and O–H groups in total. The van der Waals surface area contributed by atoms with Crippen molar-refractivity contribution in [2.24, 2.45) is 5.92 Å². The van der Waals surface area contributed by atoms with Crippen LogP contribution in [-0.2, 0) is 6.18 Å². The van der Waals surface area contributed by atoms with Crippen LogP contribution < -0.4 is 5.32 Å². The highest BCUT2D eigenvalue weighted by atomic mass is 32.2. The fourth-order valence-electron chi connectivity index (χ4n) is 2.19. The predicted octanol–water partition coefficient (Wildman–Crippen LogP) is 3.47. The summed E-state index contributed by atoms with van der Waals surface area (Å²) in [5.41, 5.74) is -1.36. The number of nitriles is 1. The van der Waals surface area contributed by atoms with Gasteiger partial charge in [0.2, 0.25) is 0 Å². The van der Waals surface area contributed by atoms with E-state index in [4.69, 9.17) is 0 Å². The molecule has 0 radical (unpaired) electrons. The average Bonchev–Trinajstić information content (AvgIpc) is 3.28. The van der Waals surface area contributed by atoms with E-state index < -0.39 is 17.3 Å². The summed E-state index contributed by atoms with van der Waals surface area (Å²) in [6.07, 6.45) is -1.51. The summed E-state index contributed by atoms with van der Waals surface area (Å²) in [6.45, 7) is 2.63. The van der Waals surface area contributed by atoms with Crippen molar-refractivity contribution in [1.29, 1.82) is 5.26 Å². The fraction of sp³-hybridized carbons (Fsp3) is 0.571. The summed E-state index contributed by atoms with van der Waals surface area (Å²) >= 11 is 1.32. The molecule has 0 aliphatic heterocycles. The van der Waals surface area contributed by atoms with Gasteiger partial charge >= 0.3 is 6.18 Å². The number of alkyl halides is 3. The molecule has 2 rings (SSSR count). The van der Waals surface area contributed by atoms with E-state index in [1.165, 1.54) is 17.8 Å². The van der Waals surface area contributed by atoms with Crippen LogP contribution in [-0.4, -0.2) is 22.8 Å². The van der Waals surface area contributed by atoms with Crippen molar-refractivity contribution in [3.8, 4) is 6.07 Å². The van der Waals surface area contributed by atoms with E-state index in [0.717, 1.165) is 25.1 Å². The van der Waals surface area contributed by atoms with E-state index in [0.29, 0.717) is 23.2 Å². The molecule has 0 spiro atoms. The molecule has 1 aromatic heterocycles. The van der Waals surface area contributed by atoms with Gasteiger partial charge in [-0.15, -0.1) is 11.8 Å². The lowest BCUT2D eigenvalue weighted by molar-refractivity contribution is -0.137. The summed E-state index contributed by atoms with van der Waals surface area (Å²) in [5.74, 6) is 0.810. The van der Waals surface area contributed by atoms with Gasteiger partial charge in [-0.05, 0) is 37.4 Å². The molecule has 1 saturated carbocycles. The van der Waals surface area contributed by atoms with Crippen LogP contribution in [0.15, 0.2) is 23.4 Å². The van der Waals surface area contributed by atoms with Gasteiger partial charge in [-0.1, -0.05) is 6.92 Å². The van der Waals surface area contributed by atoms with Crippen LogP contribution >= 0.6 is 11.8 Å². The maximum absolute atomic E-state index is 12.5. The Morgan fingerprint density at radius 1 is 1.43 bits per heavy atom. The molecule has 1 aliphatic rings. The smallest absolute Gasteiger partial charge is 0.299 e. The number of rotatable bonds is 6. The van der Waals surface area contributed by atoms with Gasteiger partial charge in [0.25, 0.3) is 0 Å². The minimum atomic E-state index is -4.37. The number of halogens is 3. The lowest BCUT2D eigenvalue weighted by atomic mass is 9.98. The molecule has 1 atom stereocenters. The van der Waals surface area contributed by atoms with Gasteiger partial charge in [0, 0.05) is 11.9 Å². The summed E-state index contributed by atoms with van der Waals surface area (Å²) in [5, 5.41) is 13.2. The van der Waals surface area contributed by atoms with Gasteiger partial charge in [-0.2, -0.15) is 18.4 Å². The first-order chi connectivity index (χ1) is 9.91. The monoisotopic (exact) mass is 315 g/mol. The van der Waals surface area contributed by atoms with Crippen molar-refractivity contribution >= 4 is 11.8 Å². The quantitative estimate of drug-likeness (QED) is 0.817. The van der Waals surface area contributed by atoms with Crippen molar-refractivity contribution in [2.75, 3.05) is 12.3 Å². The fourth-order valence-corrected chi connectivity index (χ4v) is 3.26. The number of nitrogens with one attached hydrogen (secondary N) is 1. The van der Waals surface area contributed by atoms with Gasteiger partial charge in [0.1, 0.15) is 5.54 Å². The molecule has 114 valence electrons. The molecule has 0 bridgehead atoms. The van der Waals surface area contributed by atoms with Gasteiger partial charge < -0.3 is 0 Å². The molecule has 1 fully saturated rings. The van der Waals surface area contributed by atoms with Crippen molar-refractivity contribution in [1.82, 2.24) is 10.3 Å². The number of hydrogen-bond acceptors (Lipinski definition) is 4. The molecule has 21 heavy (non-hydrogen) atoms. The molecule has 0 saturated heterocycles. The highest BCUT2D eigenvalue weighted by Crippen LogP contribution is 2.42. The van der Waals surface area contributed by atoms with E-state index in [-0.39, 0.29) is 0 Å². The Morgan fingerprint density at radius 2 is 2.14 bits per heavy atom. The largest absolute Gasteiger partial charge is 0.417 e. The minimum absolute atomic E-state index is 0.324. The highest BCUT2D eigenvalue weighted by Gasteiger charge is 2.45. The number of nitrogens with zero attached hydrogens (tertiary/aromatic N) is 2. The molecule has 1 heterocycles. The SMILES string of the molecule is CCNC(C#N)(CSc1ccc(C(F)(F)F)cn1)C1CC1. The van der Waals surface area contributed by atoms with E-state index >= 15 is 0 Å². The third-order valence-electron chi connectivity index (χ3n) is 3.48.